The molecule has 0 aromatic heterocycles. The third-order valence-corrected chi connectivity index (χ3v) is 3.84. The molecule has 0 radical (unpaired) electrons. The predicted molar refractivity (Wildman–Crippen MR) is 83.1 cm³/mol. The van der Waals surface area contributed by atoms with Gasteiger partial charge < -0.3 is 5.11 Å². The minimum Gasteiger partial charge on any atom is -0.481 e. The van der Waals surface area contributed by atoms with Gasteiger partial charge in [-0.25, -0.2) is 0 Å². The van der Waals surface area contributed by atoms with Crippen molar-refractivity contribution in [2.45, 2.75) is 40.0 Å². The standard InChI is InChI=1S/C18H22O2/c1-4-7-13-10-11-14(12-18(2,3)17(19)20)16-9-6-5-8-15(13)16/h5-6,8-11H,4,7,12H2,1-3H3,(H,19,20). The first-order chi connectivity index (χ1) is 9.45. The molecule has 0 aliphatic rings. The SMILES string of the molecule is CCCc1ccc(CC(C)(C)C(=O)O)c2ccccc12. The molecule has 2 aromatic rings. The number of benzene rings is 2. The molecule has 0 saturated carbocycles. The van der Waals surface area contributed by atoms with E-state index in [0.717, 1.165) is 18.4 Å². The van der Waals surface area contributed by atoms with Gasteiger partial charge in [-0.2, -0.15) is 0 Å². The fourth-order valence-corrected chi connectivity index (χ4v) is 2.62. The Morgan fingerprint density at radius 2 is 1.60 bits per heavy atom. The number of rotatable bonds is 5. The summed E-state index contributed by atoms with van der Waals surface area (Å²) >= 11 is 0. The van der Waals surface area contributed by atoms with Crippen LogP contribution in [0.5, 0.6) is 0 Å². The molecule has 0 heterocycles. The second-order valence-corrected chi connectivity index (χ2v) is 6.05. The van der Waals surface area contributed by atoms with Crippen LogP contribution in [0.2, 0.25) is 0 Å². The Kier molecular flexibility index (Phi) is 4.12. The summed E-state index contributed by atoms with van der Waals surface area (Å²) in [5.41, 5.74) is 1.72. The number of aryl methyl sites for hydroxylation is 1. The van der Waals surface area contributed by atoms with Gasteiger partial charge in [0, 0.05) is 0 Å². The number of fused-ring (bicyclic) bond motifs is 1. The quantitative estimate of drug-likeness (QED) is 0.871. The van der Waals surface area contributed by atoms with E-state index in [1.54, 1.807) is 13.8 Å². The van der Waals surface area contributed by atoms with Crippen LogP contribution in [0, 0.1) is 5.41 Å². The molecule has 0 aliphatic heterocycles. The molecule has 0 atom stereocenters. The second kappa shape index (κ2) is 5.66. The highest BCUT2D eigenvalue weighted by molar-refractivity contribution is 5.89. The zero-order valence-corrected chi connectivity index (χ0v) is 12.4. The van der Waals surface area contributed by atoms with Crippen molar-refractivity contribution in [3.05, 3.63) is 47.5 Å². The van der Waals surface area contributed by atoms with Crippen LogP contribution < -0.4 is 0 Å². The van der Waals surface area contributed by atoms with Gasteiger partial charge in [0.1, 0.15) is 0 Å². The molecule has 0 fully saturated rings. The van der Waals surface area contributed by atoms with E-state index in [4.69, 9.17) is 0 Å². The predicted octanol–water partition coefficient (Wildman–Crippen LogP) is 4.45. The van der Waals surface area contributed by atoms with E-state index in [-0.39, 0.29) is 0 Å². The van der Waals surface area contributed by atoms with Crippen LogP contribution >= 0.6 is 0 Å². The van der Waals surface area contributed by atoms with Gasteiger partial charge in [0.2, 0.25) is 0 Å². The van der Waals surface area contributed by atoms with Crippen molar-refractivity contribution >= 4 is 16.7 Å². The first-order valence-electron chi connectivity index (χ1n) is 7.18. The third kappa shape index (κ3) is 2.84. The van der Waals surface area contributed by atoms with Crippen molar-refractivity contribution in [3.63, 3.8) is 0 Å². The van der Waals surface area contributed by atoms with E-state index < -0.39 is 11.4 Å². The van der Waals surface area contributed by atoms with Gasteiger partial charge in [0.25, 0.3) is 0 Å². The van der Waals surface area contributed by atoms with E-state index in [9.17, 15) is 9.90 Å². The highest BCUT2D eigenvalue weighted by atomic mass is 16.4. The largest absolute Gasteiger partial charge is 0.481 e. The van der Waals surface area contributed by atoms with E-state index >= 15 is 0 Å². The molecule has 2 heteroatoms. The fourth-order valence-electron chi connectivity index (χ4n) is 2.62. The molecule has 0 bridgehead atoms. The molecule has 106 valence electrons. The summed E-state index contributed by atoms with van der Waals surface area (Å²) in [4.78, 5) is 11.3. The Labute approximate surface area is 120 Å². The molecule has 2 rings (SSSR count). The van der Waals surface area contributed by atoms with Crippen LogP contribution in [0.15, 0.2) is 36.4 Å². The van der Waals surface area contributed by atoms with Gasteiger partial charge >= 0.3 is 5.97 Å². The van der Waals surface area contributed by atoms with Crippen molar-refractivity contribution in [2.75, 3.05) is 0 Å². The third-order valence-electron chi connectivity index (χ3n) is 3.84. The number of aliphatic carboxylic acids is 1. The number of carbonyl (C=O) groups is 1. The zero-order valence-electron chi connectivity index (χ0n) is 12.4. The van der Waals surface area contributed by atoms with E-state index in [1.807, 2.05) is 12.1 Å². The molecular weight excluding hydrogens is 248 g/mol. The maximum Gasteiger partial charge on any atom is 0.309 e. The molecular formula is C18H22O2. The Morgan fingerprint density at radius 1 is 1.05 bits per heavy atom. The lowest BCUT2D eigenvalue weighted by Gasteiger charge is -2.21. The van der Waals surface area contributed by atoms with Gasteiger partial charge in [0.15, 0.2) is 0 Å². The molecule has 0 spiro atoms. The average molecular weight is 270 g/mol. The molecule has 0 aliphatic carbocycles. The average Bonchev–Trinajstić information content (AvgIpc) is 2.41. The van der Waals surface area contributed by atoms with Gasteiger partial charge in [-0.3, -0.25) is 4.79 Å². The van der Waals surface area contributed by atoms with Crippen molar-refractivity contribution in [1.29, 1.82) is 0 Å². The first kappa shape index (κ1) is 14.6. The lowest BCUT2D eigenvalue weighted by molar-refractivity contribution is -0.146. The minimum atomic E-state index is -0.751. The van der Waals surface area contributed by atoms with Gasteiger partial charge in [-0.15, -0.1) is 0 Å². The lowest BCUT2D eigenvalue weighted by atomic mass is 9.83. The molecule has 0 unspecified atom stereocenters. The van der Waals surface area contributed by atoms with Crippen LogP contribution in [-0.2, 0) is 17.6 Å². The molecule has 0 amide bonds. The van der Waals surface area contributed by atoms with Crippen molar-refractivity contribution < 1.29 is 9.90 Å². The second-order valence-electron chi connectivity index (χ2n) is 6.05. The van der Waals surface area contributed by atoms with Crippen LogP contribution in [0.4, 0.5) is 0 Å². The number of carboxylic acid groups (broad SMARTS) is 1. The molecule has 20 heavy (non-hydrogen) atoms. The van der Waals surface area contributed by atoms with Crippen molar-refractivity contribution in [3.8, 4) is 0 Å². The Bertz CT molecular complexity index is 626. The smallest absolute Gasteiger partial charge is 0.309 e. The topological polar surface area (TPSA) is 37.3 Å². The summed E-state index contributed by atoms with van der Waals surface area (Å²) in [5.74, 6) is -0.751. The fraction of sp³-hybridized carbons (Fsp3) is 0.389. The zero-order chi connectivity index (χ0) is 14.8. The lowest BCUT2D eigenvalue weighted by Crippen LogP contribution is -2.26. The maximum absolute atomic E-state index is 11.3. The number of hydrogen-bond acceptors (Lipinski definition) is 1. The van der Waals surface area contributed by atoms with Crippen molar-refractivity contribution in [1.82, 2.24) is 0 Å². The van der Waals surface area contributed by atoms with Crippen LogP contribution in [0.25, 0.3) is 10.8 Å². The Balaban J connectivity index is 2.51. The molecule has 1 N–H and O–H groups in total. The van der Waals surface area contributed by atoms with Crippen LogP contribution in [0.3, 0.4) is 0 Å². The summed E-state index contributed by atoms with van der Waals surface area (Å²) < 4.78 is 0. The monoisotopic (exact) mass is 270 g/mol. The van der Waals surface area contributed by atoms with E-state index in [2.05, 4.69) is 31.2 Å². The highest BCUT2D eigenvalue weighted by Gasteiger charge is 2.28. The Morgan fingerprint density at radius 3 is 2.15 bits per heavy atom. The normalized spacial score (nSPS) is 11.8. The molecule has 2 aromatic carbocycles. The van der Waals surface area contributed by atoms with Gasteiger partial charge in [0.05, 0.1) is 5.41 Å². The Hall–Kier alpha value is -1.83. The number of hydrogen-bond donors (Lipinski definition) is 1. The summed E-state index contributed by atoms with van der Waals surface area (Å²) in [6, 6.07) is 12.6. The summed E-state index contributed by atoms with van der Waals surface area (Å²) in [6.07, 6.45) is 2.72. The minimum absolute atomic E-state index is 0.551. The molecule has 2 nitrogen and oxygen atoms in total. The van der Waals surface area contributed by atoms with E-state index in [1.165, 1.54) is 16.3 Å². The van der Waals surface area contributed by atoms with Crippen molar-refractivity contribution in [2.24, 2.45) is 5.41 Å². The highest BCUT2D eigenvalue weighted by Crippen LogP contribution is 2.29. The van der Waals surface area contributed by atoms with Crippen LogP contribution in [0.1, 0.15) is 38.3 Å². The van der Waals surface area contributed by atoms with Gasteiger partial charge in [-0.1, -0.05) is 49.7 Å². The summed E-state index contributed by atoms with van der Waals surface area (Å²) in [7, 11) is 0. The molecule has 0 saturated heterocycles. The maximum atomic E-state index is 11.3. The first-order valence-corrected chi connectivity index (χ1v) is 7.18. The number of carboxylic acids is 1. The summed E-state index contributed by atoms with van der Waals surface area (Å²) in [5, 5.41) is 11.8. The summed E-state index contributed by atoms with van der Waals surface area (Å²) in [6.45, 7) is 5.74. The van der Waals surface area contributed by atoms with Gasteiger partial charge in [-0.05, 0) is 48.6 Å². The van der Waals surface area contributed by atoms with E-state index in [0.29, 0.717) is 6.42 Å². The van der Waals surface area contributed by atoms with Crippen LogP contribution in [-0.4, -0.2) is 11.1 Å².